The maximum atomic E-state index is 12.7. The number of aryl methyl sites for hydroxylation is 1. The number of aromatic nitrogens is 2. The number of nitrogens with one attached hydrogen (secondary N) is 1. The maximum Gasteiger partial charge on any atom is 0.251 e. The number of pyridine rings is 1. The van der Waals surface area contributed by atoms with Gasteiger partial charge in [0.1, 0.15) is 6.54 Å². The Morgan fingerprint density at radius 1 is 1.21 bits per heavy atom. The molecule has 1 aromatic carbocycles. The quantitative estimate of drug-likeness (QED) is 0.615. The molecule has 0 radical (unpaired) electrons. The minimum atomic E-state index is -3.73. The first-order valence-electron chi connectivity index (χ1n) is 9.13. The highest BCUT2D eigenvalue weighted by Crippen LogP contribution is 2.27. The van der Waals surface area contributed by atoms with E-state index in [9.17, 15) is 18.0 Å². The van der Waals surface area contributed by atoms with Crippen molar-refractivity contribution in [3.8, 4) is 0 Å². The summed E-state index contributed by atoms with van der Waals surface area (Å²) in [5, 5.41) is 3.12. The third-order valence-electron chi connectivity index (χ3n) is 4.48. The zero-order valence-corrected chi connectivity index (χ0v) is 18.0. The van der Waals surface area contributed by atoms with E-state index in [2.05, 4.69) is 10.3 Å². The molecule has 0 aliphatic heterocycles. The molecule has 2 aromatic heterocycles. The van der Waals surface area contributed by atoms with Crippen molar-refractivity contribution >= 4 is 42.6 Å². The van der Waals surface area contributed by atoms with Crippen molar-refractivity contribution in [3.63, 3.8) is 0 Å². The number of thiazole rings is 1. The topological polar surface area (TPSA) is 101 Å². The smallest absolute Gasteiger partial charge is 0.251 e. The van der Waals surface area contributed by atoms with E-state index in [4.69, 9.17) is 0 Å². The van der Waals surface area contributed by atoms with Crippen molar-refractivity contribution in [1.29, 1.82) is 0 Å². The number of hydrogen-bond acceptors (Lipinski definition) is 6. The van der Waals surface area contributed by atoms with Crippen molar-refractivity contribution in [3.05, 3.63) is 52.4 Å². The highest BCUT2D eigenvalue weighted by molar-refractivity contribution is 7.89. The van der Waals surface area contributed by atoms with Gasteiger partial charge in [-0.3, -0.25) is 9.59 Å². The van der Waals surface area contributed by atoms with Crippen LogP contribution in [0.2, 0.25) is 0 Å². The standard InChI is InChI=1S/C19H22N4O4S2/c1-4-23(5-2)29(26,27)14-9-10-17(25)22(11-14)12-16(24)20-19-21-18-13(3)7-6-8-15(18)28-19/h6-11H,4-5,12H2,1-3H3,(H,20,21,24). The molecule has 0 aliphatic rings. The highest BCUT2D eigenvalue weighted by Gasteiger charge is 2.22. The Kier molecular flexibility index (Phi) is 6.15. The second-order valence-electron chi connectivity index (χ2n) is 6.41. The molecule has 0 spiro atoms. The van der Waals surface area contributed by atoms with E-state index in [0.717, 1.165) is 26.4 Å². The van der Waals surface area contributed by atoms with Crippen LogP contribution in [0.25, 0.3) is 10.2 Å². The van der Waals surface area contributed by atoms with Crippen molar-refractivity contribution in [2.45, 2.75) is 32.2 Å². The van der Waals surface area contributed by atoms with Crippen molar-refractivity contribution in [2.75, 3.05) is 18.4 Å². The lowest BCUT2D eigenvalue weighted by molar-refractivity contribution is -0.116. The Bertz CT molecular complexity index is 1210. The lowest BCUT2D eigenvalue weighted by atomic mass is 10.2. The Morgan fingerprint density at radius 3 is 2.59 bits per heavy atom. The van der Waals surface area contributed by atoms with Gasteiger partial charge in [-0.25, -0.2) is 13.4 Å². The minimum Gasteiger partial charge on any atom is -0.305 e. The molecule has 0 aliphatic carbocycles. The summed E-state index contributed by atoms with van der Waals surface area (Å²) in [6.07, 6.45) is 1.21. The average Bonchev–Trinajstić information content (AvgIpc) is 3.08. The molecule has 2 heterocycles. The second kappa shape index (κ2) is 8.44. The zero-order valence-electron chi connectivity index (χ0n) is 16.4. The Hall–Kier alpha value is -2.56. The summed E-state index contributed by atoms with van der Waals surface area (Å²) in [4.78, 5) is 29.0. The van der Waals surface area contributed by atoms with Crippen LogP contribution in [0, 0.1) is 6.92 Å². The predicted molar refractivity (Wildman–Crippen MR) is 114 cm³/mol. The summed E-state index contributed by atoms with van der Waals surface area (Å²) in [6, 6.07) is 8.20. The summed E-state index contributed by atoms with van der Waals surface area (Å²) >= 11 is 1.34. The molecule has 29 heavy (non-hydrogen) atoms. The number of carbonyl (C=O) groups is 1. The number of amides is 1. The Morgan fingerprint density at radius 2 is 1.93 bits per heavy atom. The van der Waals surface area contributed by atoms with Crippen molar-refractivity contribution in [1.82, 2.24) is 13.9 Å². The molecule has 154 valence electrons. The Balaban J connectivity index is 1.83. The first kappa shape index (κ1) is 21.2. The first-order valence-corrected chi connectivity index (χ1v) is 11.4. The molecule has 3 rings (SSSR count). The number of anilines is 1. The molecule has 1 amide bonds. The van der Waals surface area contributed by atoms with Gasteiger partial charge in [0.25, 0.3) is 5.56 Å². The average molecular weight is 435 g/mol. The summed E-state index contributed by atoms with van der Waals surface area (Å²) in [5.41, 5.74) is 1.36. The summed E-state index contributed by atoms with van der Waals surface area (Å²) in [7, 11) is -3.73. The molecular formula is C19H22N4O4S2. The molecule has 0 atom stereocenters. The van der Waals surface area contributed by atoms with Crippen LogP contribution in [-0.2, 0) is 21.4 Å². The maximum absolute atomic E-state index is 12.7. The zero-order chi connectivity index (χ0) is 21.2. The van der Waals surface area contributed by atoms with E-state index in [1.165, 1.54) is 27.9 Å². The van der Waals surface area contributed by atoms with Crippen LogP contribution in [-0.4, -0.2) is 41.3 Å². The fourth-order valence-electron chi connectivity index (χ4n) is 2.95. The van der Waals surface area contributed by atoms with E-state index in [1.54, 1.807) is 13.8 Å². The van der Waals surface area contributed by atoms with E-state index >= 15 is 0 Å². The van der Waals surface area contributed by atoms with Gasteiger partial charge in [0.05, 0.1) is 15.1 Å². The van der Waals surface area contributed by atoms with E-state index in [1.807, 2.05) is 25.1 Å². The van der Waals surface area contributed by atoms with Crippen LogP contribution in [0.3, 0.4) is 0 Å². The van der Waals surface area contributed by atoms with Gasteiger partial charge in [0, 0.05) is 25.4 Å². The number of carbonyl (C=O) groups excluding carboxylic acids is 1. The molecule has 3 aromatic rings. The number of benzene rings is 1. The predicted octanol–water partition coefficient (Wildman–Crippen LogP) is 2.44. The van der Waals surface area contributed by atoms with Crippen LogP contribution in [0.15, 0.2) is 46.2 Å². The van der Waals surface area contributed by atoms with Crippen LogP contribution in [0.1, 0.15) is 19.4 Å². The van der Waals surface area contributed by atoms with Gasteiger partial charge in [-0.1, -0.05) is 37.3 Å². The summed E-state index contributed by atoms with van der Waals surface area (Å²) in [6.45, 7) is 5.74. The van der Waals surface area contributed by atoms with Crippen LogP contribution in [0.4, 0.5) is 5.13 Å². The minimum absolute atomic E-state index is 0.0239. The molecular weight excluding hydrogens is 412 g/mol. The van der Waals surface area contributed by atoms with Gasteiger partial charge in [0.15, 0.2) is 5.13 Å². The van der Waals surface area contributed by atoms with Gasteiger partial charge in [0.2, 0.25) is 15.9 Å². The van der Waals surface area contributed by atoms with Crippen LogP contribution >= 0.6 is 11.3 Å². The SMILES string of the molecule is CCN(CC)S(=O)(=O)c1ccc(=O)n(CC(=O)Nc2nc3c(C)cccc3s2)c1. The lowest BCUT2D eigenvalue weighted by Crippen LogP contribution is -2.33. The third kappa shape index (κ3) is 4.39. The fourth-order valence-corrected chi connectivity index (χ4v) is 5.39. The molecule has 0 saturated carbocycles. The largest absolute Gasteiger partial charge is 0.305 e. The van der Waals surface area contributed by atoms with Gasteiger partial charge in [-0.05, 0) is 24.6 Å². The second-order valence-corrected chi connectivity index (χ2v) is 9.38. The Labute approximate surface area is 172 Å². The van der Waals surface area contributed by atoms with E-state index in [0.29, 0.717) is 18.2 Å². The normalized spacial score (nSPS) is 11.9. The van der Waals surface area contributed by atoms with Crippen LogP contribution in [0.5, 0.6) is 0 Å². The summed E-state index contributed by atoms with van der Waals surface area (Å²) in [5.74, 6) is -0.457. The molecule has 1 N–H and O–H groups in total. The van der Waals surface area contributed by atoms with E-state index in [-0.39, 0.29) is 11.4 Å². The first-order chi connectivity index (χ1) is 13.8. The number of rotatable bonds is 7. The van der Waals surface area contributed by atoms with Crippen LogP contribution < -0.4 is 10.9 Å². The molecule has 8 nitrogen and oxygen atoms in total. The summed E-state index contributed by atoms with van der Waals surface area (Å²) < 4.78 is 28.7. The highest BCUT2D eigenvalue weighted by atomic mass is 32.2. The number of fused-ring (bicyclic) bond motifs is 1. The van der Waals surface area contributed by atoms with Gasteiger partial charge >= 0.3 is 0 Å². The fraction of sp³-hybridized carbons (Fsp3) is 0.316. The molecule has 0 bridgehead atoms. The van der Waals surface area contributed by atoms with Gasteiger partial charge < -0.3 is 9.88 Å². The van der Waals surface area contributed by atoms with Crippen molar-refractivity contribution in [2.24, 2.45) is 0 Å². The number of para-hydroxylation sites is 1. The lowest BCUT2D eigenvalue weighted by Gasteiger charge is -2.18. The van der Waals surface area contributed by atoms with Gasteiger partial charge in [-0.15, -0.1) is 0 Å². The van der Waals surface area contributed by atoms with E-state index < -0.39 is 21.5 Å². The molecule has 0 fully saturated rings. The number of sulfonamides is 1. The van der Waals surface area contributed by atoms with Crippen molar-refractivity contribution < 1.29 is 13.2 Å². The molecule has 0 unspecified atom stereocenters. The molecule has 10 heteroatoms. The molecule has 0 saturated heterocycles. The number of hydrogen-bond donors (Lipinski definition) is 1. The van der Waals surface area contributed by atoms with Gasteiger partial charge in [-0.2, -0.15) is 4.31 Å². The monoisotopic (exact) mass is 434 g/mol. The third-order valence-corrected chi connectivity index (χ3v) is 7.45. The number of nitrogens with zero attached hydrogens (tertiary/aromatic N) is 3.